The van der Waals surface area contributed by atoms with Crippen molar-refractivity contribution < 1.29 is 22.6 Å². The van der Waals surface area contributed by atoms with Crippen molar-refractivity contribution in [2.75, 3.05) is 26.6 Å². The standard InChI is InChI=1S/C22H22F3N3O4/c1-13-14(6-5-7-16(13)22(23,24)25)11-28-20(29)17(26-2)12-27(21(28)30)15-8-9-18(31-3)19(10-15)32-4/h5-10,12,26H,11H2,1-4H3. The van der Waals surface area contributed by atoms with Gasteiger partial charge in [-0.05, 0) is 36.2 Å². The van der Waals surface area contributed by atoms with Crippen molar-refractivity contribution >= 4 is 5.69 Å². The van der Waals surface area contributed by atoms with Crippen LogP contribution in [-0.2, 0) is 12.7 Å². The molecule has 0 amide bonds. The second kappa shape index (κ2) is 8.81. The van der Waals surface area contributed by atoms with Crippen LogP contribution in [0.2, 0.25) is 0 Å². The molecule has 0 saturated heterocycles. The number of rotatable bonds is 6. The first kappa shape index (κ1) is 23.0. The SMILES string of the molecule is CNc1cn(-c2ccc(OC)c(OC)c2)c(=O)n(Cc2cccc(C(F)(F)F)c2C)c1=O. The van der Waals surface area contributed by atoms with Crippen molar-refractivity contribution in [2.24, 2.45) is 0 Å². The van der Waals surface area contributed by atoms with Crippen molar-refractivity contribution in [1.29, 1.82) is 0 Å². The molecule has 0 spiro atoms. The van der Waals surface area contributed by atoms with Crippen molar-refractivity contribution in [2.45, 2.75) is 19.6 Å². The highest BCUT2D eigenvalue weighted by atomic mass is 19.4. The van der Waals surface area contributed by atoms with Crippen molar-refractivity contribution in [3.8, 4) is 17.2 Å². The molecule has 1 N–H and O–H groups in total. The monoisotopic (exact) mass is 449 g/mol. The van der Waals surface area contributed by atoms with Crippen LogP contribution in [0.5, 0.6) is 11.5 Å². The first-order valence-corrected chi connectivity index (χ1v) is 9.54. The predicted octanol–water partition coefficient (Wildman–Crippen LogP) is 3.43. The molecular weight excluding hydrogens is 427 g/mol. The molecule has 0 saturated carbocycles. The fourth-order valence-corrected chi connectivity index (χ4v) is 3.40. The third kappa shape index (κ3) is 4.20. The number of hydrogen-bond acceptors (Lipinski definition) is 5. The number of halogens is 3. The summed E-state index contributed by atoms with van der Waals surface area (Å²) < 4.78 is 52.5. The lowest BCUT2D eigenvalue weighted by Gasteiger charge is -2.17. The van der Waals surface area contributed by atoms with Gasteiger partial charge in [0.15, 0.2) is 11.5 Å². The average molecular weight is 449 g/mol. The number of aromatic nitrogens is 2. The fraction of sp³-hybridized carbons (Fsp3) is 0.273. The minimum absolute atomic E-state index is 0.0428. The maximum absolute atomic E-state index is 13.3. The van der Waals surface area contributed by atoms with Crippen molar-refractivity contribution in [1.82, 2.24) is 9.13 Å². The highest BCUT2D eigenvalue weighted by Gasteiger charge is 2.33. The number of nitrogens with zero attached hydrogens (tertiary/aromatic N) is 2. The quantitative estimate of drug-likeness (QED) is 0.624. The van der Waals surface area contributed by atoms with Gasteiger partial charge in [-0.1, -0.05) is 12.1 Å². The van der Waals surface area contributed by atoms with Crippen LogP contribution in [-0.4, -0.2) is 30.4 Å². The molecule has 1 heterocycles. The lowest BCUT2D eigenvalue weighted by Crippen LogP contribution is -2.40. The summed E-state index contributed by atoms with van der Waals surface area (Å²) in [4.78, 5) is 26.1. The van der Waals surface area contributed by atoms with E-state index in [0.717, 1.165) is 10.6 Å². The Hall–Kier alpha value is -3.69. The molecule has 32 heavy (non-hydrogen) atoms. The van der Waals surface area contributed by atoms with Gasteiger partial charge in [-0.25, -0.2) is 4.79 Å². The zero-order valence-corrected chi connectivity index (χ0v) is 17.9. The number of hydrogen-bond donors (Lipinski definition) is 1. The van der Waals surface area contributed by atoms with E-state index in [1.54, 1.807) is 18.2 Å². The van der Waals surface area contributed by atoms with E-state index in [1.165, 1.54) is 51.1 Å². The number of alkyl halides is 3. The Labute approximate surface area is 181 Å². The molecule has 10 heteroatoms. The zero-order chi connectivity index (χ0) is 23.6. The summed E-state index contributed by atoms with van der Waals surface area (Å²) in [7, 11) is 4.43. The number of methoxy groups -OCH3 is 2. The first-order chi connectivity index (χ1) is 15.1. The topological polar surface area (TPSA) is 74.5 Å². The fourth-order valence-electron chi connectivity index (χ4n) is 3.40. The third-order valence-electron chi connectivity index (χ3n) is 5.17. The van der Waals surface area contributed by atoms with Gasteiger partial charge in [0.2, 0.25) is 0 Å². The molecule has 0 aliphatic rings. The van der Waals surface area contributed by atoms with Gasteiger partial charge in [0.1, 0.15) is 5.69 Å². The second-order valence-electron chi connectivity index (χ2n) is 6.96. The molecule has 0 fully saturated rings. The molecule has 0 aliphatic heterocycles. The zero-order valence-electron chi connectivity index (χ0n) is 17.9. The van der Waals surface area contributed by atoms with Crippen LogP contribution in [0.3, 0.4) is 0 Å². The van der Waals surface area contributed by atoms with Gasteiger partial charge in [-0.2, -0.15) is 13.2 Å². The van der Waals surface area contributed by atoms with Gasteiger partial charge in [0.05, 0.1) is 32.0 Å². The minimum Gasteiger partial charge on any atom is -0.493 e. The van der Waals surface area contributed by atoms with E-state index in [9.17, 15) is 22.8 Å². The number of nitrogens with one attached hydrogen (secondary N) is 1. The highest BCUT2D eigenvalue weighted by Crippen LogP contribution is 2.33. The molecule has 0 atom stereocenters. The van der Waals surface area contributed by atoms with Crippen LogP contribution >= 0.6 is 0 Å². The Morgan fingerprint density at radius 2 is 1.72 bits per heavy atom. The van der Waals surface area contributed by atoms with Crippen molar-refractivity contribution in [3.05, 3.63) is 80.1 Å². The van der Waals surface area contributed by atoms with Crippen LogP contribution in [0, 0.1) is 6.92 Å². The van der Waals surface area contributed by atoms with Crippen LogP contribution in [0.4, 0.5) is 18.9 Å². The van der Waals surface area contributed by atoms with Crippen LogP contribution in [0.15, 0.2) is 52.2 Å². The minimum atomic E-state index is -4.54. The van der Waals surface area contributed by atoms with E-state index >= 15 is 0 Å². The third-order valence-corrected chi connectivity index (χ3v) is 5.17. The van der Waals surface area contributed by atoms with Gasteiger partial charge in [-0.3, -0.25) is 13.9 Å². The molecule has 3 aromatic rings. The van der Waals surface area contributed by atoms with E-state index < -0.39 is 23.0 Å². The molecule has 0 aliphatic carbocycles. The predicted molar refractivity (Wildman–Crippen MR) is 114 cm³/mol. The highest BCUT2D eigenvalue weighted by molar-refractivity contribution is 5.50. The van der Waals surface area contributed by atoms with E-state index in [4.69, 9.17) is 9.47 Å². The van der Waals surface area contributed by atoms with Crippen molar-refractivity contribution in [3.63, 3.8) is 0 Å². The molecule has 1 aromatic heterocycles. The van der Waals surface area contributed by atoms with Gasteiger partial charge in [-0.15, -0.1) is 0 Å². The summed E-state index contributed by atoms with van der Waals surface area (Å²) >= 11 is 0. The second-order valence-corrected chi connectivity index (χ2v) is 6.96. The Bertz CT molecular complexity index is 1260. The smallest absolute Gasteiger partial charge is 0.416 e. The summed E-state index contributed by atoms with van der Waals surface area (Å²) in [5.74, 6) is 0.820. The summed E-state index contributed by atoms with van der Waals surface area (Å²) in [5.41, 5.74) is -1.51. The molecular formula is C22H22F3N3O4. The van der Waals surface area contributed by atoms with E-state index in [2.05, 4.69) is 5.32 Å². The normalized spacial score (nSPS) is 11.3. The number of benzene rings is 2. The maximum Gasteiger partial charge on any atom is 0.416 e. The molecule has 3 rings (SSSR count). The lowest BCUT2D eigenvalue weighted by molar-refractivity contribution is -0.138. The largest absolute Gasteiger partial charge is 0.493 e. The molecule has 0 radical (unpaired) electrons. The Morgan fingerprint density at radius 1 is 1.03 bits per heavy atom. The van der Waals surface area contributed by atoms with Gasteiger partial charge in [0, 0.05) is 19.3 Å². The molecule has 0 bridgehead atoms. The van der Waals surface area contributed by atoms with Crippen LogP contribution < -0.4 is 26.0 Å². The Kier molecular flexibility index (Phi) is 6.33. The summed E-state index contributed by atoms with van der Waals surface area (Å²) in [6.07, 6.45) is -3.21. The molecule has 0 unspecified atom stereocenters. The molecule has 170 valence electrons. The maximum atomic E-state index is 13.3. The van der Waals surface area contributed by atoms with E-state index in [-0.39, 0.29) is 23.4 Å². The molecule has 7 nitrogen and oxygen atoms in total. The van der Waals surface area contributed by atoms with Gasteiger partial charge < -0.3 is 14.8 Å². The lowest BCUT2D eigenvalue weighted by atomic mass is 10.0. The van der Waals surface area contributed by atoms with E-state index in [0.29, 0.717) is 17.2 Å². The van der Waals surface area contributed by atoms with Crippen LogP contribution in [0.1, 0.15) is 16.7 Å². The van der Waals surface area contributed by atoms with Crippen LogP contribution in [0.25, 0.3) is 5.69 Å². The Morgan fingerprint density at radius 3 is 2.31 bits per heavy atom. The average Bonchev–Trinajstić information content (AvgIpc) is 2.76. The molecule has 2 aromatic carbocycles. The van der Waals surface area contributed by atoms with Gasteiger partial charge in [0.25, 0.3) is 5.56 Å². The van der Waals surface area contributed by atoms with Gasteiger partial charge >= 0.3 is 11.9 Å². The Balaban J connectivity index is 2.20. The first-order valence-electron chi connectivity index (χ1n) is 9.54. The number of anilines is 1. The van der Waals surface area contributed by atoms with E-state index in [1.807, 2.05) is 0 Å². The summed E-state index contributed by atoms with van der Waals surface area (Å²) in [6, 6.07) is 8.45. The summed E-state index contributed by atoms with van der Waals surface area (Å²) in [6.45, 7) is 0.994. The number of ether oxygens (including phenoxy) is 2. The summed E-state index contributed by atoms with van der Waals surface area (Å²) in [5, 5.41) is 2.73.